The summed E-state index contributed by atoms with van der Waals surface area (Å²) in [4.78, 5) is 12.2. The maximum atomic E-state index is 12.2. The van der Waals surface area contributed by atoms with Crippen LogP contribution < -0.4 is 15.1 Å². The van der Waals surface area contributed by atoms with Crippen molar-refractivity contribution in [3.63, 3.8) is 0 Å². The molecule has 0 unspecified atom stereocenters. The molecule has 6 rings (SSSR count). The van der Waals surface area contributed by atoms with Crippen LogP contribution in [0.15, 0.2) is 57.7 Å². The van der Waals surface area contributed by atoms with E-state index in [-0.39, 0.29) is 17.5 Å². The molecule has 2 aliphatic rings. The van der Waals surface area contributed by atoms with Crippen LogP contribution in [0.3, 0.4) is 0 Å². The summed E-state index contributed by atoms with van der Waals surface area (Å²) in [7, 11) is 0. The van der Waals surface area contributed by atoms with Crippen LogP contribution in [-0.2, 0) is 0 Å². The van der Waals surface area contributed by atoms with E-state index in [4.69, 9.17) is 19.0 Å². The number of ether oxygens (including phenoxy) is 2. The molecule has 0 bridgehead atoms. The zero-order chi connectivity index (χ0) is 20.4. The smallest absolute Gasteiger partial charge is 0.336 e. The van der Waals surface area contributed by atoms with Gasteiger partial charge in [0, 0.05) is 34.4 Å². The van der Waals surface area contributed by atoms with Crippen molar-refractivity contribution in [1.29, 1.82) is 0 Å². The van der Waals surface area contributed by atoms with Crippen molar-refractivity contribution in [2.75, 3.05) is 13.2 Å². The highest BCUT2D eigenvalue weighted by Crippen LogP contribution is 2.51. The third-order valence-electron chi connectivity index (χ3n) is 6.16. The van der Waals surface area contributed by atoms with Crippen LogP contribution >= 0.6 is 0 Å². The molecule has 6 heteroatoms. The number of fused-ring (bicyclic) bond motifs is 7. The highest BCUT2D eigenvalue weighted by atomic mass is 16.5. The number of aromatic nitrogens is 2. The van der Waals surface area contributed by atoms with Crippen molar-refractivity contribution in [2.24, 2.45) is 5.92 Å². The van der Waals surface area contributed by atoms with Crippen molar-refractivity contribution in [1.82, 2.24) is 9.78 Å². The topological polar surface area (TPSA) is 66.5 Å². The van der Waals surface area contributed by atoms with Gasteiger partial charge in [0.25, 0.3) is 0 Å². The molecular weight excluding hydrogens is 380 g/mol. The molecular formula is C24H20N2O4. The molecule has 2 aromatic carbocycles. The average Bonchev–Trinajstić information content (AvgIpc) is 3.10. The van der Waals surface area contributed by atoms with Crippen LogP contribution in [0.2, 0.25) is 0 Å². The van der Waals surface area contributed by atoms with Crippen molar-refractivity contribution < 1.29 is 13.9 Å². The van der Waals surface area contributed by atoms with Gasteiger partial charge in [-0.2, -0.15) is 5.10 Å². The lowest BCUT2D eigenvalue weighted by Gasteiger charge is -2.37. The van der Waals surface area contributed by atoms with Gasteiger partial charge in [-0.05, 0) is 43.7 Å². The summed E-state index contributed by atoms with van der Waals surface area (Å²) in [5.74, 6) is 1.62. The van der Waals surface area contributed by atoms with Crippen LogP contribution in [0.1, 0.15) is 28.3 Å². The first kappa shape index (κ1) is 17.3. The minimum absolute atomic E-state index is 0.0105. The molecule has 0 saturated carbocycles. The summed E-state index contributed by atoms with van der Waals surface area (Å²) in [6.45, 7) is 5.00. The first-order chi connectivity index (χ1) is 14.6. The fraction of sp³-hybridized carbons (Fsp3) is 0.250. The molecule has 6 nitrogen and oxygen atoms in total. The van der Waals surface area contributed by atoms with Crippen LogP contribution in [0.5, 0.6) is 11.6 Å². The first-order valence-electron chi connectivity index (χ1n) is 10.1. The van der Waals surface area contributed by atoms with Gasteiger partial charge < -0.3 is 13.9 Å². The zero-order valence-electron chi connectivity index (χ0n) is 16.7. The molecule has 4 aromatic rings. The molecule has 30 heavy (non-hydrogen) atoms. The molecule has 2 aromatic heterocycles. The Morgan fingerprint density at radius 1 is 1.00 bits per heavy atom. The van der Waals surface area contributed by atoms with Crippen LogP contribution in [0.4, 0.5) is 0 Å². The molecule has 0 radical (unpaired) electrons. The third-order valence-corrected chi connectivity index (χ3v) is 6.16. The molecule has 2 aliphatic heterocycles. The van der Waals surface area contributed by atoms with E-state index in [9.17, 15) is 4.79 Å². The maximum absolute atomic E-state index is 12.2. The Morgan fingerprint density at radius 2 is 1.80 bits per heavy atom. The number of hydrogen-bond acceptors (Lipinski definition) is 5. The van der Waals surface area contributed by atoms with Gasteiger partial charge in [-0.25, -0.2) is 9.48 Å². The molecule has 4 heterocycles. The number of hydrogen-bond donors (Lipinski definition) is 0. The largest absolute Gasteiger partial charge is 0.493 e. The van der Waals surface area contributed by atoms with Gasteiger partial charge >= 0.3 is 5.63 Å². The van der Waals surface area contributed by atoms with Gasteiger partial charge in [0.1, 0.15) is 11.3 Å². The summed E-state index contributed by atoms with van der Waals surface area (Å²) in [6.07, 6.45) is 0. The summed E-state index contributed by atoms with van der Waals surface area (Å²) < 4.78 is 19.9. The Morgan fingerprint density at radius 3 is 2.63 bits per heavy atom. The number of benzene rings is 2. The predicted octanol–water partition coefficient (Wildman–Crippen LogP) is 4.13. The zero-order valence-corrected chi connectivity index (χ0v) is 16.7. The summed E-state index contributed by atoms with van der Waals surface area (Å²) in [6, 6.07) is 15.5. The third kappa shape index (κ3) is 2.36. The Bertz CT molecular complexity index is 1350. The molecule has 0 fully saturated rings. The second-order valence-electron chi connectivity index (χ2n) is 8.01. The van der Waals surface area contributed by atoms with E-state index in [2.05, 4.69) is 0 Å². The summed E-state index contributed by atoms with van der Waals surface area (Å²) in [5, 5.41) is 5.73. The van der Waals surface area contributed by atoms with Gasteiger partial charge in [-0.15, -0.1) is 0 Å². The van der Waals surface area contributed by atoms with Crippen molar-refractivity contribution in [3.8, 4) is 17.3 Å². The second kappa shape index (κ2) is 6.23. The van der Waals surface area contributed by atoms with Crippen LogP contribution in [0.25, 0.3) is 16.7 Å². The predicted molar refractivity (Wildman–Crippen MR) is 112 cm³/mol. The van der Waals surface area contributed by atoms with E-state index in [1.807, 2.05) is 61.0 Å². The molecule has 2 atom stereocenters. The van der Waals surface area contributed by atoms with Crippen molar-refractivity contribution in [2.45, 2.75) is 19.8 Å². The molecule has 0 spiro atoms. The molecule has 0 amide bonds. The van der Waals surface area contributed by atoms with Gasteiger partial charge in [-0.3, -0.25) is 0 Å². The normalized spacial score (nSPS) is 19.4. The van der Waals surface area contributed by atoms with E-state index in [1.165, 1.54) is 6.07 Å². The lowest BCUT2D eigenvalue weighted by Crippen LogP contribution is -2.35. The highest BCUT2D eigenvalue weighted by molar-refractivity contribution is 5.86. The minimum atomic E-state index is -0.348. The molecule has 0 saturated heterocycles. The second-order valence-corrected chi connectivity index (χ2v) is 8.01. The minimum Gasteiger partial charge on any atom is -0.493 e. The van der Waals surface area contributed by atoms with Gasteiger partial charge in [-0.1, -0.05) is 18.2 Å². The first-order valence-corrected chi connectivity index (χ1v) is 10.1. The fourth-order valence-electron chi connectivity index (χ4n) is 4.81. The maximum Gasteiger partial charge on any atom is 0.336 e. The van der Waals surface area contributed by atoms with Crippen molar-refractivity contribution >= 4 is 11.0 Å². The molecule has 0 aliphatic carbocycles. The van der Waals surface area contributed by atoms with E-state index in [0.717, 1.165) is 45.1 Å². The number of nitrogens with zero attached hydrogens (tertiary/aromatic N) is 2. The Hall–Kier alpha value is -3.54. The van der Waals surface area contributed by atoms with Crippen molar-refractivity contribution in [3.05, 3.63) is 81.3 Å². The summed E-state index contributed by atoms with van der Waals surface area (Å²) in [5.41, 5.74) is 4.97. The number of para-hydroxylation sites is 1. The highest BCUT2D eigenvalue weighted by Gasteiger charge is 2.43. The van der Waals surface area contributed by atoms with Gasteiger partial charge in [0.15, 0.2) is 0 Å². The van der Waals surface area contributed by atoms with Gasteiger partial charge in [0.2, 0.25) is 5.88 Å². The van der Waals surface area contributed by atoms with E-state index in [0.29, 0.717) is 18.8 Å². The summed E-state index contributed by atoms with van der Waals surface area (Å²) >= 11 is 0. The average molecular weight is 400 g/mol. The Balaban J connectivity index is 1.64. The number of aryl methyl sites for hydroxylation is 2. The van der Waals surface area contributed by atoms with Crippen LogP contribution in [-0.4, -0.2) is 23.0 Å². The lowest BCUT2D eigenvalue weighted by atomic mass is 9.77. The number of rotatable bonds is 1. The van der Waals surface area contributed by atoms with Gasteiger partial charge in [0.05, 0.1) is 24.6 Å². The van der Waals surface area contributed by atoms with E-state index >= 15 is 0 Å². The lowest BCUT2D eigenvalue weighted by molar-refractivity contribution is 0.121. The van der Waals surface area contributed by atoms with E-state index < -0.39 is 0 Å². The monoisotopic (exact) mass is 400 g/mol. The molecule has 150 valence electrons. The Kier molecular flexibility index (Phi) is 3.60. The van der Waals surface area contributed by atoms with E-state index in [1.54, 1.807) is 0 Å². The SMILES string of the molecule is Cc1nn(-c2ccccc2)c2c1[C@@H]1c3c(ccc4c(C)cc(=O)oc34)OC[C@@H]1CO2. The quantitative estimate of drug-likeness (QED) is 0.450. The molecule has 0 N–H and O–H groups in total. The fourth-order valence-corrected chi connectivity index (χ4v) is 4.81. The standard InChI is InChI=1S/C24H20N2O4/c1-13-10-19(27)30-23-17(13)8-9-18-22(23)21-15(11-28-18)12-29-24-20(21)14(2)25-26(24)16-6-4-3-5-7-16/h3-10,15,21H,11-12H2,1-2H3/t15-,21-/m1/s1. The Labute approximate surface area is 172 Å². The van der Waals surface area contributed by atoms with Crippen LogP contribution in [0, 0.1) is 19.8 Å².